The van der Waals surface area contributed by atoms with Gasteiger partial charge in [-0.3, -0.25) is 10.1 Å². The van der Waals surface area contributed by atoms with Gasteiger partial charge in [-0.2, -0.15) is 0 Å². The number of anilines is 1. The van der Waals surface area contributed by atoms with Crippen LogP contribution in [0.4, 0.5) is 5.13 Å². The lowest BCUT2D eigenvalue weighted by Crippen LogP contribution is -2.11. The molecular weight excluding hydrogens is 332 g/mol. The van der Waals surface area contributed by atoms with Gasteiger partial charge in [0, 0.05) is 11.6 Å². The third kappa shape index (κ3) is 3.45. The van der Waals surface area contributed by atoms with Crippen LogP contribution in [-0.2, 0) is 0 Å². The van der Waals surface area contributed by atoms with E-state index in [0.29, 0.717) is 22.2 Å². The smallest absolute Gasteiger partial charge is 0.257 e. The number of methoxy groups -OCH3 is 2. The molecule has 1 amide bonds. The van der Waals surface area contributed by atoms with Gasteiger partial charge in [0.2, 0.25) is 0 Å². The van der Waals surface area contributed by atoms with Crippen LogP contribution in [0.25, 0.3) is 0 Å². The van der Waals surface area contributed by atoms with Crippen LogP contribution in [0.5, 0.6) is 11.5 Å². The first kappa shape index (κ1) is 13.8. The van der Waals surface area contributed by atoms with Crippen molar-refractivity contribution >= 4 is 38.3 Å². The highest BCUT2D eigenvalue weighted by atomic mass is 79.9. The van der Waals surface area contributed by atoms with E-state index in [1.807, 2.05) is 0 Å². The minimum absolute atomic E-state index is 0.265. The molecule has 0 fully saturated rings. The Hall–Kier alpha value is -1.60. The van der Waals surface area contributed by atoms with Gasteiger partial charge in [-0.15, -0.1) is 0 Å². The molecule has 0 bridgehead atoms. The van der Waals surface area contributed by atoms with Crippen molar-refractivity contribution in [2.24, 2.45) is 0 Å². The molecule has 0 saturated heterocycles. The Morgan fingerprint density at radius 2 is 1.89 bits per heavy atom. The third-order valence-corrected chi connectivity index (χ3v) is 3.70. The lowest BCUT2D eigenvalue weighted by atomic mass is 10.2. The van der Waals surface area contributed by atoms with E-state index in [1.165, 1.54) is 25.6 Å². The maximum absolute atomic E-state index is 12.1. The van der Waals surface area contributed by atoms with Crippen molar-refractivity contribution in [3.8, 4) is 11.5 Å². The summed E-state index contributed by atoms with van der Waals surface area (Å²) in [6.07, 6.45) is 1.63. The zero-order valence-electron chi connectivity index (χ0n) is 10.3. The molecule has 0 spiro atoms. The Morgan fingerprint density at radius 3 is 2.37 bits per heavy atom. The van der Waals surface area contributed by atoms with Crippen molar-refractivity contribution in [2.45, 2.75) is 0 Å². The van der Waals surface area contributed by atoms with Crippen molar-refractivity contribution in [1.82, 2.24) is 4.98 Å². The summed E-state index contributed by atoms with van der Waals surface area (Å²) < 4.78 is 11.1. The highest BCUT2D eigenvalue weighted by Gasteiger charge is 2.11. The van der Waals surface area contributed by atoms with Gasteiger partial charge < -0.3 is 9.47 Å². The molecule has 0 atom stereocenters. The van der Waals surface area contributed by atoms with E-state index < -0.39 is 0 Å². The second-order valence-corrected chi connectivity index (χ2v) is 5.93. The number of benzene rings is 1. The lowest BCUT2D eigenvalue weighted by Gasteiger charge is -2.07. The number of halogens is 1. The minimum atomic E-state index is -0.265. The van der Waals surface area contributed by atoms with Gasteiger partial charge in [0.25, 0.3) is 5.91 Å². The normalized spacial score (nSPS) is 10.1. The van der Waals surface area contributed by atoms with Crippen LogP contribution >= 0.6 is 27.3 Å². The number of nitrogens with one attached hydrogen (secondary N) is 1. The standard InChI is InChI=1S/C12H11BrN2O3S/c1-17-8-3-7(4-9(5-8)18-2)11(16)15-12-14-6-10(13)19-12/h3-6H,1-2H3,(H,14,15,16). The number of hydrogen-bond donors (Lipinski definition) is 1. The summed E-state index contributed by atoms with van der Waals surface area (Å²) in [7, 11) is 3.07. The summed E-state index contributed by atoms with van der Waals surface area (Å²) in [6, 6.07) is 4.98. The summed E-state index contributed by atoms with van der Waals surface area (Å²) in [6.45, 7) is 0. The summed E-state index contributed by atoms with van der Waals surface area (Å²) >= 11 is 4.63. The molecule has 1 aromatic heterocycles. The number of nitrogens with zero attached hydrogens (tertiary/aromatic N) is 1. The van der Waals surface area contributed by atoms with Crippen molar-refractivity contribution in [3.05, 3.63) is 33.7 Å². The molecule has 1 heterocycles. The summed E-state index contributed by atoms with van der Waals surface area (Å²) in [5.41, 5.74) is 0.447. The highest BCUT2D eigenvalue weighted by molar-refractivity contribution is 9.11. The van der Waals surface area contributed by atoms with Crippen LogP contribution in [0.1, 0.15) is 10.4 Å². The average Bonchev–Trinajstić information content (AvgIpc) is 2.83. The molecule has 0 saturated carbocycles. The number of amides is 1. The van der Waals surface area contributed by atoms with Crippen molar-refractivity contribution in [1.29, 1.82) is 0 Å². The maximum Gasteiger partial charge on any atom is 0.257 e. The van der Waals surface area contributed by atoms with Crippen LogP contribution in [0, 0.1) is 0 Å². The number of rotatable bonds is 4. The van der Waals surface area contributed by atoms with Gasteiger partial charge in [0.05, 0.1) is 24.2 Å². The third-order valence-electron chi connectivity index (χ3n) is 2.31. The molecule has 7 heteroatoms. The largest absolute Gasteiger partial charge is 0.497 e. The van der Waals surface area contributed by atoms with E-state index in [2.05, 4.69) is 26.2 Å². The van der Waals surface area contributed by atoms with Crippen LogP contribution < -0.4 is 14.8 Å². The zero-order chi connectivity index (χ0) is 13.8. The van der Waals surface area contributed by atoms with Gasteiger partial charge in [-0.05, 0) is 28.1 Å². The fourth-order valence-corrected chi connectivity index (χ4v) is 2.52. The molecule has 0 aliphatic carbocycles. The number of ether oxygens (including phenoxy) is 2. The van der Waals surface area contributed by atoms with Crippen LogP contribution in [0.3, 0.4) is 0 Å². The van der Waals surface area contributed by atoms with Gasteiger partial charge in [-0.25, -0.2) is 4.98 Å². The molecule has 5 nitrogen and oxygen atoms in total. The van der Waals surface area contributed by atoms with Gasteiger partial charge in [-0.1, -0.05) is 11.3 Å². The van der Waals surface area contributed by atoms with E-state index in [-0.39, 0.29) is 5.91 Å². The molecule has 1 aromatic carbocycles. The minimum Gasteiger partial charge on any atom is -0.497 e. The Balaban J connectivity index is 2.22. The van der Waals surface area contributed by atoms with Crippen molar-refractivity contribution in [2.75, 3.05) is 19.5 Å². The summed E-state index contributed by atoms with van der Waals surface area (Å²) in [4.78, 5) is 16.1. The van der Waals surface area contributed by atoms with E-state index >= 15 is 0 Å². The number of thiazole rings is 1. The number of aromatic nitrogens is 1. The molecule has 100 valence electrons. The molecule has 0 radical (unpaired) electrons. The number of carbonyl (C=O) groups excluding carboxylic acids is 1. The summed E-state index contributed by atoms with van der Waals surface area (Å²) in [5, 5.41) is 3.24. The second-order valence-electron chi connectivity index (χ2n) is 3.52. The molecule has 2 aromatic rings. The first-order chi connectivity index (χ1) is 9.12. The SMILES string of the molecule is COc1cc(OC)cc(C(=O)Nc2ncc(Br)s2)c1. The molecule has 0 unspecified atom stereocenters. The highest BCUT2D eigenvalue weighted by Crippen LogP contribution is 2.26. The molecule has 2 rings (SSSR count). The van der Waals surface area contributed by atoms with Gasteiger partial charge >= 0.3 is 0 Å². The van der Waals surface area contributed by atoms with E-state index in [9.17, 15) is 4.79 Å². The van der Waals surface area contributed by atoms with Gasteiger partial charge in [0.15, 0.2) is 5.13 Å². The Bertz CT molecular complexity index is 578. The van der Waals surface area contributed by atoms with Crippen LogP contribution in [-0.4, -0.2) is 25.1 Å². The second kappa shape index (κ2) is 6.03. The van der Waals surface area contributed by atoms with Crippen molar-refractivity contribution in [3.63, 3.8) is 0 Å². The molecular formula is C12H11BrN2O3S. The van der Waals surface area contributed by atoms with E-state index in [0.717, 1.165) is 3.79 Å². The average molecular weight is 343 g/mol. The van der Waals surface area contributed by atoms with E-state index in [4.69, 9.17) is 9.47 Å². The van der Waals surface area contributed by atoms with Crippen LogP contribution in [0.15, 0.2) is 28.2 Å². The Labute approximate surface area is 122 Å². The predicted molar refractivity (Wildman–Crippen MR) is 77.3 cm³/mol. The van der Waals surface area contributed by atoms with Gasteiger partial charge in [0.1, 0.15) is 11.5 Å². The molecule has 19 heavy (non-hydrogen) atoms. The lowest BCUT2D eigenvalue weighted by molar-refractivity contribution is 0.102. The maximum atomic E-state index is 12.1. The predicted octanol–water partition coefficient (Wildman–Crippen LogP) is 3.18. The fraction of sp³-hybridized carbons (Fsp3) is 0.167. The van der Waals surface area contributed by atoms with Crippen LogP contribution in [0.2, 0.25) is 0 Å². The van der Waals surface area contributed by atoms with E-state index in [1.54, 1.807) is 24.4 Å². The topological polar surface area (TPSA) is 60.5 Å². The van der Waals surface area contributed by atoms with Crippen molar-refractivity contribution < 1.29 is 14.3 Å². The Kier molecular flexibility index (Phi) is 4.39. The fourth-order valence-electron chi connectivity index (χ4n) is 1.42. The quantitative estimate of drug-likeness (QED) is 0.926. The Morgan fingerprint density at radius 1 is 1.26 bits per heavy atom. The first-order valence-electron chi connectivity index (χ1n) is 5.28. The monoisotopic (exact) mass is 342 g/mol. The number of hydrogen-bond acceptors (Lipinski definition) is 5. The zero-order valence-corrected chi connectivity index (χ0v) is 12.7. The molecule has 0 aliphatic rings. The molecule has 1 N–H and O–H groups in total. The molecule has 0 aliphatic heterocycles. The number of carbonyl (C=O) groups is 1. The summed E-state index contributed by atoms with van der Waals surface area (Å²) in [5.74, 6) is 0.855. The first-order valence-corrected chi connectivity index (χ1v) is 6.89.